The lowest BCUT2D eigenvalue weighted by molar-refractivity contribution is -0.117. The second kappa shape index (κ2) is 9.21. The minimum absolute atomic E-state index is 0.0467. The standard InChI is InChI=1S/C19H42O5Si2/c1-13-15(23-25(9,10)18(3,4)5)21-17(20)22-16(14-2)24-26(11,12)19(6,7)8/h15-16H,13-14H2,1-12H3. The third-order valence-electron chi connectivity index (χ3n) is 5.59. The van der Waals surface area contributed by atoms with Gasteiger partial charge in [0.2, 0.25) is 0 Å². The smallest absolute Gasteiger partial charge is 0.405 e. The lowest BCUT2D eigenvalue weighted by Gasteiger charge is -2.39. The van der Waals surface area contributed by atoms with Gasteiger partial charge in [-0.3, -0.25) is 0 Å². The monoisotopic (exact) mass is 406 g/mol. The van der Waals surface area contributed by atoms with E-state index in [2.05, 4.69) is 67.7 Å². The maximum atomic E-state index is 12.3. The zero-order chi connectivity index (χ0) is 21.0. The maximum absolute atomic E-state index is 12.3. The number of hydrogen-bond acceptors (Lipinski definition) is 5. The van der Waals surface area contributed by atoms with Crippen molar-refractivity contribution in [3.63, 3.8) is 0 Å². The molecule has 26 heavy (non-hydrogen) atoms. The zero-order valence-electron chi connectivity index (χ0n) is 19.1. The Morgan fingerprint density at radius 1 is 0.731 bits per heavy atom. The third kappa shape index (κ3) is 7.70. The molecule has 7 heteroatoms. The van der Waals surface area contributed by atoms with Crippen LogP contribution >= 0.6 is 0 Å². The summed E-state index contributed by atoms with van der Waals surface area (Å²) in [4.78, 5) is 12.3. The van der Waals surface area contributed by atoms with Gasteiger partial charge >= 0.3 is 6.16 Å². The highest BCUT2D eigenvalue weighted by atomic mass is 28.4. The van der Waals surface area contributed by atoms with Gasteiger partial charge < -0.3 is 18.3 Å². The molecule has 5 nitrogen and oxygen atoms in total. The summed E-state index contributed by atoms with van der Waals surface area (Å²) in [6, 6.07) is 0. The van der Waals surface area contributed by atoms with Gasteiger partial charge in [-0.2, -0.15) is 0 Å². The Balaban J connectivity index is 4.88. The topological polar surface area (TPSA) is 54.0 Å². The van der Waals surface area contributed by atoms with Crippen molar-refractivity contribution in [2.45, 2.75) is 117 Å². The molecule has 0 aliphatic heterocycles. The SMILES string of the molecule is CCC(OC(=O)OC(CC)O[Si](C)(C)C(C)(C)C)O[Si](C)(C)C(C)(C)C. The van der Waals surface area contributed by atoms with E-state index in [0.717, 1.165) is 0 Å². The summed E-state index contributed by atoms with van der Waals surface area (Å²) in [6.45, 7) is 25.4. The van der Waals surface area contributed by atoms with Crippen LogP contribution in [-0.4, -0.2) is 35.4 Å². The first-order valence-corrected chi connectivity index (χ1v) is 15.5. The predicted molar refractivity (Wildman–Crippen MR) is 112 cm³/mol. The van der Waals surface area contributed by atoms with E-state index in [1.807, 2.05) is 13.8 Å². The van der Waals surface area contributed by atoms with Gasteiger partial charge in [-0.15, -0.1) is 0 Å². The molecule has 0 saturated carbocycles. The second-order valence-corrected chi connectivity index (χ2v) is 19.4. The Hall–Kier alpha value is -0.376. The summed E-state index contributed by atoms with van der Waals surface area (Å²) < 4.78 is 23.3. The summed E-state index contributed by atoms with van der Waals surface area (Å²) in [7, 11) is -4.05. The van der Waals surface area contributed by atoms with Crippen LogP contribution in [0.25, 0.3) is 0 Å². The highest BCUT2D eigenvalue weighted by molar-refractivity contribution is 6.74. The molecule has 0 saturated heterocycles. The highest BCUT2D eigenvalue weighted by Gasteiger charge is 2.41. The van der Waals surface area contributed by atoms with E-state index in [1.54, 1.807) is 0 Å². The van der Waals surface area contributed by atoms with Crippen molar-refractivity contribution in [2.24, 2.45) is 0 Å². The summed E-state index contributed by atoms with van der Waals surface area (Å²) in [6.07, 6.45) is -0.730. The van der Waals surface area contributed by atoms with Gasteiger partial charge in [0.1, 0.15) is 0 Å². The van der Waals surface area contributed by atoms with E-state index >= 15 is 0 Å². The molecule has 0 radical (unpaired) electrons. The quantitative estimate of drug-likeness (QED) is 0.256. The van der Waals surface area contributed by atoms with Gasteiger partial charge in [-0.1, -0.05) is 55.4 Å². The minimum atomic E-state index is -2.02. The Bertz CT molecular complexity index is 410. The van der Waals surface area contributed by atoms with Gasteiger partial charge in [0.15, 0.2) is 29.2 Å². The molecular weight excluding hydrogens is 364 g/mol. The molecular formula is C19H42O5Si2. The minimum Gasteiger partial charge on any atom is -0.405 e. The normalized spacial score (nSPS) is 16.2. The van der Waals surface area contributed by atoms with Gasteiger partial charge in [0, 0.05) is 12.8 Å². The van der Waals surface area contributed by atoms with Crippen LogP contribution < -0.4 is 0 Å². The van der Waals surface area contributed by atoms with E-state index in [-0.39, 0.29) is 10.1 Å². The van der Waals surface area contributed by atoms with Crippen molar-refractivity contribution < 1.29 is 23.1 Å². The summed E-state index contributed by atoms with van der Waals surface area (Å²) in [5.41, 5.74) is 0. The number of rotatable bonds is 8. The van der Waals surface area contributed by atoms with E-state index in [4.69, 9.17) is 18.3 Å². The number of carbonyl (C=O) groups excluding carboxylic acids is 1. The first-order valence-electron chi connectivity index (χ1n) is 9.69. The molecule has 0 rings (SSSR count). The Kier molecular flexibility index (Phi) is 9.08. The average Bonchev–Trinajstić information content (AvgIpc) is 2.42. The fourth-order valence-corrected chi connectivity index (χ4v) is 4.09. The summed E-state index contributed by atoms with van der Waals surface area (Å²) in [5.74, 6) is 0. The highest BCUT2D eigenvalue weighted by Crippen LogP contribution is 2.39. The fourth-order valence-electron chi connectivity index (χ4n) is 1.63. The average molecular weight is 407 g/mol. The van der Waals surface area contributed by atoms with Gasteiger partial charge in [0.25, 0.3) is 0 Å². The largest absolute Gasteiger partial charge is 0.512 e. The zero-order valence-corrected chi connectivity index (χ0v) is 21.1. The molecule has 0 aliphatic carbocycles. The van der Waals surface area contributed by atoms with Crippen molar-refractivity contribution in [3.8, 4) is 0 Å². The van der Waals surface area contributed by atoms with Crippen LogP contribution in [0.15, 0.2) is 0 Å². The Labute approximate surface area is 163 Å². The molecule has 0 amide bonds. The number of hydrogen-bond donors (Lipinski definition) is 0. The molecule has 156 valence electrons. The van der Waals surface area contributed by atoms with Crippen LogP contribution in [0.3, 0.4) is 0 Å². The molecule has 0 aromatic heterocycles. The third-order valence-corrected chi connectivity index (χ3v) is 14.5. The van der Waals surface area contributed by atoms with Crippen LogP contribution in [0.5, 0.6) is 0 Å². The van der Waals surface area contributed by atoms with Crippen LogP contribution in [0.4, 0.5) is 4.79 Å². The van der Waals surface area contributed by atoms with E-state index < -0.39 is 35.4 Å². The van der Waals surface area contributed by atoms with Crippen molar-refractivity contribution in [1.29, 1.82) is 0 Å². The molecule has 0 aromatic rings. The van der Waals surface area contributed by atoms with Gasteiger partial charge in [-0.25, -0.2) is 4.79 Å². The van der Waals surface area contributed by atoms with E-state index in [0.29, 0.717) is 12.8 Å². The molecule has 0 spiro atoms. The summed E-state index contributed by atoms with van der Waals surface area (Å²) in [5, 5.41) is 0.0934. The molecule has 0 fully saturated rings. The van der Waals surface area contributed by atoms with Gasteiger partial charge in [-0.05, 0) is 36.3 Å². The first-order chi connectivity index (χ1) is 11.5. The molecule has 2 unspecified atom stereocenters. The van der Waals surface area contributed by atoms with Gasteiger partial charge in [0.05, 0.1) is 0 Å². The molecule has 0 bridgehead atoms. The van der Waals surface area contributed by atoms with Crippen molar-refractivity contribution in [1.82, 2.24) is 0 Å². The van der Waals surface area contributed by atoms with E-state index in [1.165, 1.54) is 0 Å². The van der Waals surface area contributed by atoms with E-state index in [9.17, 15) is 4.79 Å². The van der Waals surface area contributed by atoms with Crippen molar-refractivity contribution in [2.75, 3.05) is 0 Å². The van der Waals surface area contributed by atoms with Crippen molar-refractivity contribution in [3.05, 3.63) is 0 Å². The lowest BCUT2D eigenvalue weighted by atomic mass is 10.2. The second-order valence-electron chi connectivity index (χ2n) is 9.92. The molecule has 0 heterocycles. The van der Waals surface area contributed by atoms with Crippen LogP contribution in [0.2, 0.25) is 36.3 Å². The lowest BCUT2D eigenvalue weighted by Crippen LogP contribution is -2.46. The molecule has 2 atom stereocenters. The first kappa shape index (κ1) is 25.6. The number of ether oxygens (including phenoxy) is 2. The summed E-state index contributed by atoms with van der Waals surface area (Å²) >= 11 is 0. The number of carbonyl (C=O) groups is 1. The maximum Gasteiger partial charge on any atom is 0.512 e. The molecule has 0 aliphatic rings. The fraction of sp³-hybridized carbons (Fsp3) is 0.947. The van der Waals surface area contributed by atoms with Crippen molar-refractivity contribution >= 4 is 22.8 Å². The van der Waals surface area contributed by atoms with Crippen LogP contribution in [-0.2, 0) is 18.3 Å². The molecule has 0 N–H and O–H groups in total. The Morgan fingerprint density at radius 3 is 1.19 bits per heavy atom. The predicted octanol–water partition coefficient (Wildman–Crippen LogP) is 6.66. The van der Waals surface area contributed by atoms with Crippen LogP contribution in [0.1, 0.15) is 68.2 Å². The Morgan fingerprint density at radius 2 is 1.00 bits per heavy atom. The molecule has 0 aromatic carbocycles. The van der Waals surface area contributed by atoms with Crippen LogP contribution in [0, 0.1) is 0 Å².